The molecule has 2 unspecified atom stereocenters. The van der Waals surface area contributed by atoms with Crippen molar-refractivity contribution in [3.05, 3.63) is 0 Å². The quantitative estimate of drug-likeness (QED) is 0.747. The van der Waals surface area contributed by atoms with E-state index in [9.17, 15) is 0 Å². The standard InChI is InChI=1S/C13H27N3O/c1-12(9-14-2)10-15-4-3-13(11-15)16-5-7-17-8-6-16/h12-14H,3-11H2,1-2H3. The van der Waals surface area contributed by atoms with Gasteiger partial charge in [0.2, 0.25) is 0 Å². The minimum Gasteiger partial charge on any atom is -0.379 e. The molecule has 100 valence electrons. The number of hydrogen-bond acceptors (Lipinski definition) is 4. The predicted octanol–water partition coefficient (Wildman–Crippen LogP) is 0.248. The van der Waals surface area contributed by atoms with Crippen molar-refractivity contribution in [3.8, 4) is 0 Å². The van der Waals surface area contributed by atoms with E-state index in [0.717, 1.165) is 44.8 Å². The normalized spacial score (nSPS) is 29.6. The molecule has 0 bridgehead atoms. The number of likely N-dealkylation sites (tertiary alicyclic amines) is 1. The second-order valence-corrected chi connectivity index (χ2v) is 5.51. The van der Waals surface area contributed by atoms with Gasteiger partial charge in [-0.25, -0.2) is 0 Å². The highest BCUT2D eigenvalue weighted by atomic mass is 16.5. The Kier molecular flexibility index (Phi) is 5.22. The molecule has 0 amide bonds. The molecule has 2 aliphatic heterocycles. The zero-order valence-electron chi connectivity index (χ0n) is 11.3. The fourth-order valence-corrected chi connectivity index (χ4v) is 3.07. The van der Waals surface area contributed by atoms with Crippen molar-refractivity contribution in [3.63, 3.8) is 0 Å². The molecule has 0 spiro atoms. The number of morpholine rings is 1. The van der Waals surface area contributed by atoms with Gasteiger partial charge in [-0.3, -0.25) is 4.90 Å². The first-order chi connectivity index (χ1) is 8.29. The molecular weight excluding hydrogens is 214 g/mol. The van der Waals surface area contributed by atoms with E-state index in [2.05, 4.69) is 22.0 Å². The molecule has 0 radical (unpaired) electrons. The third kappa shape index (κ3) is 3.91. The first-order valence-corrected chi connectivity index (χ1v) is 6.98. The maximum atomic E-state index is 5.42. The topological polar surface area (TPSA) is 27.7 Å². The smallest absolute Gasteiger partial charge is 0.0594 e. The first kappa shape index (κ1) is 13.3. The van der Waals surface area contributed by atoms with Gasteiger partial charge < -0.3 is 15.0 Å². The number of ether oxygens (including phenoxy) is 1. The van der Waals surface area contributed by atoms with Crippen LogP contribution >= 0.6 is 0 Å². The van der Waals surface area contributed by atoms with Crippen molar-refractivity contribution >= 4 is 0 Å². The Morgan fingerprint density at radius 3 is 2.76 bits per heavy atom. The molecule has 2 atom stereocenters. The summed E-state index contributed by atoms with van der Waals surface area (Å²) in [5, 5.41) is 3.26. The van der Waals surface area contributed by atoms with E-state index >= 15 is 0 Å². The molecule has 4 nitrogen and oxygen atoms in total. The van der Waals surface area contributed by atoms with Crippen LogP contribution in [0, 0.1) is 5.92 Å². The third-order valence-electron chi connectivity index (χ3n) is 3.93. The zero-order valence-corrected chi connectivity index (χ0v) is 11.3. The molecule has 2 heterocycles. The molecule has 17 heavy (non-hydrogen) atoms. The van der Waals surface area contributed by atoms with Gasteiger partial charge in [0.25, 0.3) is 0 Å². The van der Waals surface area contributed by atoms with Gasteiger partial charge in [-0.2, -0.15) is 0 Å². The second kappa shape index (κ2) is 6.69. The molecule has 0 aliphatic carbocycles. The Morgan fingerprint density at radius 1 is 1.29 bits per heavy atom. The molecule has 4 heteroatoms. The highest BCUT2D eigenvalue weighted by molar-refractivity contribution is 4.85. The second-order valence-electron chi connectivity index (χ2n) is 5.51. The summed E-state index contributed by atoms with van der Waals surface area (Å²) in [5.74, 6) is 0.753. The highest BCUT2D eigenvalue weighted by Crippen LogP contribution is 2.17. The summed E-state index contributed by atoms with van der Waals surface area (Å²) in [6.07, 6.45) is 1.34. The van der Waals surface area contributed by atoms with Gasteiger partial charge in [0.05, 0.1) is 13.2 Å². The minimum atomic E-state index is 0.753. The fourth-order valence-electron chi connectivity index (χ4n) is 3.07. The lowest BCUT2D eigenvalue weighted by molar-refractivity contribution is 0.0183. The average molecular weight is 241 g/mol. The summed E-state index contributed by atoms with van der Waals surface area (Å²) in [7, 11) is 2.04. The van der Waals surface area contributed by atoms with Gasteiger partial charge >= 0.3 is 0 Å². The third-order valence-corrected chi connectivity index (χ3v) is 3.93. The monoisotopic (exact) mass is 241 g/mol. The van der Waals surface area contributed by atoms with E-state index in [1.165, 1.54) is 26.1 Å². The molecule has 0 aromatic carbocycles. The van der Waals surface area contributed by atoms with Crippen LogP contribution in [0.15, 0.2) is 0 Å². The number of hydrogen-bond donors (Lipinski definition) is 1. The largest absolute Gasteiger partial charge is 0.379 e. The van der Waals surface area contributed by atoms with Crippen LogP contribution in [-0.4, -0.2) is 75.4 Å². The molecule has 2 rings (SSSR count). The predicted molar refractivity (Wildman–Crippen MR) is 70.3 cm³/mol. The summed E-state index contributed by atoms with van der Waals surface area (Å²) >= 11 is 0. The lowest BCUT2D eigenvalue weighted by Crippen LogP contribution is -2.45. The van der Waals surface area contributed by atoms with Crippen LogP contribution < -0.4 is 5.32 Å². The van der Waals surface area contributed by atoms with E-state index in [0.29, 0.717) is 0 Å². The van der Waals surface area contributed by atoms with Gasteiger partial charge in [0.1, 0.15) is 0 Å². The van der Waals surface area contributed by atoms with Crippen molar-refractivity contribution in [2.45, 2.75) is 19.4 Å². The van der Waals surface area contributed by atoms with Crippen LogP contribution in [-0.2, 0) is 4.74 Å². The van der Waals surface area contributed by atoms with Crippen LogP contribution in [0.3, 0.4) is 0 Å². The maximum Gasteiger partial charge on any atom is 0.0594 e. The fraction of sp³-hybridized carbons (Fsp3) is 1.00. The van der Waals surface area contributed by atoms with E-state index < -0.39 is 0 Å². The molecule has 2 aliphatic rings. The Hall–Kier alpha value is -0.160. The Morgan fingerprint density at radius 2 is 2.06 bits per heavy atom. The van der Waals surface area contributed by atoms with Crippen LogP contribution in [0.5, 0.6) is 0 Å². The molecule has 0 aromatic rings. The number of nitrogens with zero attached hydrogens (tertiary/aromatic N) is 2. The molecule has 1 N–H and O–H groups in total. The van der Waals surface area contributed by atoms with E-state index in [1.54, 1.807) is 0 Å². The zero-order chi connectivity index (χ0) is 12.1. The van der Waals surface area contributed by atoms with Gasteiger partial charge in [-0.1, -0.05) is 6.92 Å². The molecule has 2 saturated heterocycles. The molecule has 2 fully saturated rings. The summed E-state index contributed by atoms with van der Waals surface area (Å²) in [6, 6.07) is 0.778. The van der Waals surface area contributed by atoms with Crippen LogP contribution in [0.4, 0.5) is 0 Å². The van der Waals surface area contributed by atoms with E-state index in [1.807, 2.05) is 7.05 Å². The van der Waals surface area contributed by atoms with Gasteiger partial charge in [0, 0.05) is 32.2 Å². The van der Waals surface area contributed by atoms with E-state index in [-0.39, 0.29) is 0 Å². The Bertz CT molecular complexity index is 219. The highest BCUT2D eigenvalue weighted by Gasteiger charge is 2.28. The summed E-state index contributed by atoms with van der Waals surface area (Å²) < 4.78 is 5.42. The summed E-state index contributed by atoms with van der Waals surface area (Å²) in [4.78, 5) is 5.24. The van der Waals surface area contributed by atoms with Crippen molar-refractivity contribution < 1.29 is 4.74 Å². The summed E-state index contributed by atoms with van der Waals surface area (Å²) in [6.45, 7) is 11.3. The van der Waals surface area contributed by atoms with Gasteiger partial charge in [-0.15, -0.1) is 0 Å². The van der Waals surface area contributed by atoms with Crippen molar-refractivity contribution in [2.24, 2.45) is 5.92 Å². The Balaban J connectivity index is 1.71. The molecular formula is C13H27N3O. The van der Waals surface area contributed by atoms with Crippen LogP contribution in [0.1, 0.15) is 13.3 Å². The van der Waals surface area contributed by atoms with E-state index in [4.69, 9.17) is 4.74 Å². The lowest BCUT2D eigenvalue weighted by Gasteiger charge is -2.32. The lowest BCUT2D eigenvalue weighted by atomic mass is 10.1. The Labute approximate surface area is 105 Å². The first-order valence-electron chi connectivity index (χ1n) is 6.98. The number of nitrogens with one attached hydrogen (secondary N) is 1. The van der Waals surface area contributed by atoms with Crippen LogP contribution in [0.2, 0.25) is 0 Å². The van der Waals surface area contributed by atoms with Crippen LogP contribution in [0.25, 0.3) is 0 Å². The van der Waals surface area contributed by atoms with Crippen molar-refractivity contribution in [1.82, 2.24) is 15.1 Å². The average Bonchev–Trinajstić information content (AvgIpc) is 2.79. The summed E-state index contributed by atoms with van der Waals surface area (Å²) in [5.41, 5.74) is 0. The number of rotatable bonds is 5. The van der Waals surface area contributed by atoms with Gasteiger partial charge in [0.15, 0.2) is 0 Å². The van der Waals surface area contributed by atoms with Crippen molar-refractivity contribution in [1.29, 1.82) is 0 Å². The van der Waals surface area contributed by atoms with Crippen molar-refractivity contribution in [2.75, 3.05) is 59.5 Å². The minimum absolute atomic E-state index is 0.753. The molecule has 0 saturated carbocycles. The molecule has 0 aromatic heterocycles. The maximum absolute atomic E-state index is 5.42. The SMILES string of the molecule is CNCC(C)CN1CCC(N2CCOCC2)C1. The van der Waals surface area contributed by atoms with Gasteiger partial charge in [-0.05, 0) is 32.5 Å².